The third kappa shape index (κ3) is 3.37. The van der Waals surface area contributed by atoms with Gasteiger partial charge >= 0.3 is 5.97 Å². The zero-order valence-corrected chi connectivity index (χ0v) is 13.9. The number of esters is 1. The van der Waals surface area contributed by atoms with E-state index in [2.05, 4.69) is 27.9 Å². The van der Waals surface area contributed by atoms with Crippen LogP contribution in [-0.4, -0.2) is 19.0 Å². The number of anilines is 1. The topological polar surface area (TPSA) is 55.4 Å². The monoisotopic (exact) mass is 401 g/mol. The molecule has 0 aliphatic rings. The van der Waals surface area contributed by atoms with E-state index in [1.54, 1.807) is 23.6 Å². The lowest BCUT2D eigenvalue weighted by Gasteiger charge is -2.10. The maximum atomic E-state index is 12.1. The predicted octanol–water partition coefficient (Wildman–Crippen LogP) is 3.70. The summed E-state index contributed by atoms with van der Waals surface area (Å²) in [6.07, 6.45) is 0. The summed E-state index contributed by atoms with van der Waals surface area (Å²) in [7, 11) is 1.32. The van der Waals surface area contributed by atoms with E-state index in [4.69, 9.17) is 4.74 Å². The van der Waals surface area contributed by atoms with Gasteiger partial charge in [-0.2, -0.15) is 0 Å². The van der Waals surface area contributed by atoms with Crippen LogP contribution in [0.1, 0.15) is 26.3 Å². The van der Waals surface area contributed by atoms with Crippen LogP contribution in [0.15, 0.2) is 29.6 Å². The number of methoxy groups -OCH3 is 1. The fourth-order valence-corrected chi connectivity index (χ4v) is 3.00. The van der Waals surface area contributed by atoms with Gasteiger partial charge in [0.15, 0.2) is 0 Å². The molecular weight excluding hydrogens is 389 g/mol. The van der Waals surface area contributed by atoms with Crippen LogP contribution in [0.5, 0.6) is 0 Å². The van der Waals surface area contributed by atoms with Crippen molar-refractivity contribution in [1.82, 2.24) is 0 Å². The highest BCUT2D eigenvalue weighted by Crippen LogP contribution is 2.21. The number of thiophene rings is 1. The molecule has 0 atom stereocenters. The normalized spacial score (nSPS) is 10.2. The van der Waals surface area contributed by atoms with Gasteiger partial charge in [-0.1, -0.05) is 11.6 Å². The Kier molecular flexibility index (Phi) is 4.77. The molecule has 0 spiro atoms. The summed E-state index contributed by atoms with van der Waals surface area (Å²) in [5.74, 6) is -0.706. The van der Waals surface area contributed by atoms with Gasteiger partial charge in [-0.15, -0.1) is 11.3 Å². The van der Waals surface area contributed by atoms with E-state index < -0.39 is 5.97 Å². The molecule has 20 heavy (non-hydrogen) atoms. The van der Waals surface area contributed by atoms with Gasteiger partial charge in [-0.3, -0.25) is 4.79 Å². The second-order valence-corrected chi connectivity index (χ2v) is 6.94. The molecule has 0 radical (unpaired) electrons. The van der Waals surface area contributed by atoms with E-state index in [9.17, 15) is 9.59 Å². The Hall–Kier alpha value is -1.41. The van der Waals surface area contributed by atoms with Crippen LogP contribution in [0, 0.1) is 9.81 Å². The minimum absolute atomic E-state index is 0.238. The Labute approximate surface area is 134 Å². The number of amides is 1. The van der Waals surface area contributed by atoms with Crippen molar-refractivity contribution in [3.63, 3.8) is 0 Å². The van der Waals surface area contributed by atoms with Crippen LogP contribution >= 0.6 is 33.9 Å². The third-order valence-corrected chi connectivity index (χ3v) is 4.45. The van der Waals surface area contributed by atoms with Crippen molar-refractivity contribution in [2.45, 2.75) is 6.92 Å². The van der Waals surface area contributed by atoms with Crippen LogP contribution in [0.25, 0.3) is 0 Å². The average molecular weight is 401 g/mol. The number of nitrogens with one attached hydrogen (secondary N) is 1. The van der Waals surface area contributed by atoms with Gasteiger partial charge in [-0.25, -0.2) is 4.79 Å². The quantitative estimate of drug-likeness (QED) is 0.631. The molecule has 0 saturated carbocycles. The molecule has 2 rings (SSSR count). The predicted molar refractivity (Wildman–Crippen MR) is 87.5 cm³/mol. The first-order valence-electron chi connectivity index (χ1n) is 5.75. The summed E-state index contributed by atoms with van der Waals surface area (Å²) in [5.41, 5.74) is 2.31. The van der Waals surface area contributed by atoms with Gasteiger partial charge in [0.1, 0.15) is 0 Å². The van der Waals surface area contributed by atoms with Crippen LogP contribution in [-0.2, 0) is 4.74 Å². The molecular formula is C14H12INO3S. The number of rotatable bonds is 3. The van der Waals surface area contributed by atoms with E-state index in [0.29, 0.717) is 16.8 Å². The molecule has 1 aromatic carbocycles. The van der Waals surface area contributed by atoms with Crippen LogP contribution in [0.2, 0.25) is 0 Å². The SMILES string of the molecule is COC(=O)c1cc(C)ccc1NC(=O)c1csc(I)c1. The van der Waals surface area contributed by atoms with Crippen molar-refractivity contribution in [3.05, 3.63) is 49.2 Å². The summed E-state index contributed by atoms with van der Waals surface area (Å²) < 4.78 is 5.77. The molecule has 0 unspecified atom stereocenters. The highest BCUT2D eigenvalue weighted by atomic mass is 127. The number of aryl methyl sites for hydroxylation is 1. The summed E-state index contributed by atoms with van der Waals surface area (Å²) in [6.45, 7) is 1.87. The van der Waals surface area contributed by atoms with E-state index in [1.807, 2.05) is 13.0 Å². The van der Waals surface area contributed by atoms with Crippen LogP contribution in [0.4, 0.5) is 5.69 Å². The molecule has 1 heterocycles. The minimum atomic E-state index is -0.469. The maximum Gasteiger partial charge on any atom is 0.339 e. The van der Waals surface area contributed by atoms with Crippen molar-refractivity contribution >= 4 is 51.5 Å². The van der Waals surface area contributed by atoms with E-state index >= 15 is 0 Å². The number of benzene rings is 1. The third-order valence-electron chi connectivity index (χ3n) is 2.66. The molecule has 0 aliphatic carbocycles. The molecule has 104 valence electrons. The molecule has 2 aromatic rings. The number of hydrogen-bond acceptors (Lipinski definition) is 4. The highest BCUT2D eigenvalue weighted by molar-refractivity contribution is 14.1. The fraction of sp³-hybridized carbons (Fsp3) is 0.143. The van der Waals surface area contributed by atoms with Crippen LogP contribution in [0.3, 0.4) is 0 Å². The number of carbonyl (C=O) groups is 2. The Morgan fingerprint density at radius 2 is 2.05 bits per heavy atom. The Bertz CT molecular complexity index is 666. The summed E-state index contributed by atoms with van der Waals surface area (Å²) >= 11 is 3.65. The largest absolute Gasteiger partial charge is 0.465 e. The van der Waals surface area contributed by atoms with Gasteiger partial charge in [0.25, 0.3) is 5.91 Å². The Balaban J connectivity index is 2.29. The fourth-order valence-electron chi connectivity index (χ4n) is 1.67. The van der Waals surface area contributed by atoms with E-state index in [0.717, 1.165) is 8.45 Å². The molecule has 0 bridgehead atoms. The maximum absolute atomic E-state index is 12.1. The Morgan fingerprint density at radius 1 is 1.30 bits per heavy atom. The lowest BCUT2D eigenvalue weighted by atomic mass is 10.1. The standard InChI is InChI=1S/C14H12INO3S/c1-8-3-4-11(10(5-8)14(18)19-2)16-13(17)9-6-12(15)20-7-9/h3-7H,1-2H3,(H,16,17). The molecule has 1 amide bonds. The van der Waals surface area contributed by atoms with Gasteiger partial charge in [-0.05, 0) is 47.7 Å². The van der Waals surface area contributed by atoms with Gasteiger partial charge in [0, 0.05) is 5.38 Å². The van der Waals surface area contributed by atoms with Gasteiger partial charge in [0.2, 0.25) is 0 Å². The number of ether oxygens (including phenoxy) is 1. The molecule has 1 aromatic heterocycles. The Morgan fingerprint density at radius 3 is 2.65 bits per heavy atom. The zero-order chi connectivity index (χ0) is 14.7. The zero-order valence-electron chi connectivity index (χ0n) is 10.9. The lowest BCUT2D eigenvalue weighted by molar-refractivity contribution is 0.0602. The minimum Gasteiger partial charge on any atom is -0.465 e. The van der Waals surface area contributed by atoms with Crippen molar-refractivity contribution in [2.24, 2.45) is 0 Å². The first kappa shape index (κ1) is 15.0. The molecule has 6 heteroatoms. The second kappa shape index (κ2) is 6.36. The summed E-state index contributed by atoms with van der Waals surface area (Å²) in [6, 6.07) is 7.03. The lowest BCUT2D eigenvalue weighted by Crippen LogP contribution is -2.15. The smallest absolute Gasteiger partial charge is 0.339 e. The average Bonchev–Trinajstić information content (AvgIpc) is 2.86. The van der Waals surface area contributed by atoms with Gasteiger partial charge < -0.3 is 10.1 Å². The second-order valence-electron chi connectivity index (χ2n) is 4.13. The van der Waals surface area contributed by atoms with Gasteiger partial charge in [0.05, 0.1) is 26.8 Å². The number of hydrogen-bond donors (Lipinski definition) is 1. The summed E-state index contributed by atoms with van der Waals surface area (Å²) in [5, 5.41) is 4.53. The van der Waals surface area contributed by atoms with Crippen LogP contribution < -0.4 is 5.32 Å². The van der Waals surface area contributed by atoms with E-state index in [1.165, 1.54) is 18.4 Å². The molecule has 4 nitrogen and oxygen atoms in total. The molecule has 0 fully saturated rings. The summed E-state index contributed by atoms with van der Waals surface area (Å²) in [4.78, 5) is 23.9. The molecule has 0 saturated heterocycles. The first-order valence-corrected chi connectivity index (χ1v) is 7.71. The molecule has 1 N–H and O–H groups in total. The number of halogens is 1. The van der Waals surface area contributed by atoms with Crippen molar-refractivity contribution < 1.29 is 14.3 Å². The van der Waals surface area contributed by atoms with Crippen molar-refractivity contribution in [1.29, 1.82) is 0 Å². The van der Waals surface area contributed by atoms with Crippen molar-refractivity contribution in [2.75, 3.05) is 12.4 Å². The number of carbonyl (C=O) groups excluding carboxylic acids is 2. The van der Waals surface area contributed by atoms with E-state index in [-0.39, 0.29) is 5.91 Å². The highest BCUT2D eigenvalue weighted by Gasteiger charge is 2.15. The first-order chi connectivity index (χ1) is 9.51. The van der Waals surface area contributed by atoms with Crippen molar-refractivity contribution in [3.8, 4) is 0 Å². The molecule has 0 aliphatic heterocycles.